The first-order valence-corrected chi connectivity index (χ1v) is 10.9. The van der Waals surface area contributed by atoms with Crippen LogP contribution in [0.25, 0.3) is 11.1 Å². The van der Waals surface area contributed by atoms with E-state index in [1.165, 1.54) is 5.56 Å². The van der Waals surface area contributed by atoms with Gasteiger partial charge >= 0.3 is 0 Å². The normalized spacial score (nSPS) is 13.5. The molecule has 4 rings (SSSR count). The maximum Gasteiger partial charge on any atom is 0.259 e. The van der Waals surface area contributed by atoms with Crippen molar-refractivity contribution >= 4 is 17.0 Å². The zero-order valence-electron chi connectivity index (χ0n) is 18.8. The zero-order chi connectivity index (χ0) is 22.1. The molecule has 1 aliphatic heterocycles. The van der Waals surface area contributed by atoms with Gasteiger partial charge in [0, 0.05) is 18.8 Å². The van der Waals surface area contributed by atoms with Crippen molar-refractivity contribution in [3.05, 3.63) is 46.3 Å². The Hall–Kier alpha value is -3.09. The molecule has 1 aliphatic rings. The summed E-state index contributed by atoms with van der Waals surface area (Å²) in [5.74, 6) is 1.63. The Morgan fingerprint density at radius 2 is 1.81 bits per heavy atom. The van der Waals surface area contributed by atoms with Gasteiger partial charge in [-0.3, -0.25) is 4.79 Å². The van der Waals surface area contributed by atoms with Gasteiger partial charge in [-0.05, 0) is 62.4 Å². The molecule has 1 aromatic carbocycles. The van der Waals surface area contributed by atoms with Crippen LogP contribution in [0.4, 0.5) is 0 Å². The number of benzene rings is 1. The molecule has 3 aromatic rings. The van der Waals surface area contributed by atoms with Crippen molar-refractivity contribution in [1.29, 1.82) is 0 Å². The minimum atomic E-state index is -0.0295. The molecule has 2 aromatic heterocycles. The topological polar surface area (TPSA) is 77.7 Å². The predicted molar refractivity (Wildman–Crippen MR) is 118 cm³/mol. The van der Waals surface area contributed by atoms with Gasteiger partial charge in [-0.1, -0.05) is 19.0 Å². The summed E-state index contributed by atoms with van der Waals surface area (Å²) < 4.78 is 16.9. The standard InChI is InChI=1S/C24H29N3O4/c1-6-29-20-10-16-8-9-27(13-17(16)11-21(20)30-7-2)24(28)18-12-19(14(3)4)25-23-22(18)15(5)26-31-23/h10-12,14H,6-9,13H2,1-5H3. The lowest BCUT2D eigenvalue weighted by Gasteiger charge is -2.30. The number of hydrogen-bond donors (Lipinski definition) is 0. The molecule has 0 N–H and O–H groups in total. The molecule has 0 saturated carbocycles. The van der Waals surface area contributed by atoms with Gasteiger partial charge in [-0.2, -0.15) is 0 Å². The average Bonchev–Trinajstić information content (AvgIpc) is 3.14. The lowest BCUT2D eigenvalue weighted by Crippen LogP contribution is -2.36. The maximum absolute atomic E-state index is 13.6. The smallest absolute Gasteiger partial charge is 0.259 e. The average molecular weight is 424 g/mol. The summed E-state index contributed by atoms with van der Waals surface area (Å²) in [6.07, 6.45) is 0.765. The van der Waals surface area contributed by atoms with E-state index in [1.807, 2.05) is 51.7 Å². The van der Waals surface area contributed by atoms with Crippen molar-refractivity contribution in [2.75, 3.05) is 19.8 Å². The van der Waals surface area contributed by atoms with E-state index in [0.29, 0.717) is 48.7 Å². The molecular formula is C24H29N3O4. The SMILES string of the molecule is CCOc1cc2c(cc1OCC)CN(C(=O)c1cc(C(C)C)nc3onc(C)c13)CC2. The van der Waals surface area contributed by atoms with E-state index in [-0.39, 0.29) is 11.8 Å². The molecule has 0 unspecified atom stereocenters. The second kappa shape index (κ2) is 8.57. The quantitative estimate of drug-likeness (QED) is 0.574. The lowest BCUT2D eigenvalue weighted by atomic mass is 9.97. The van der Waals surface area contributed by atoms with E-state index < -0.39 is 0 Å². The fraction of sp³-hybridized carbons (Fsp3) is 0.458. The highest BCUT2D eigenvalue weighted by atomic mass is 16.5. The number of amides is 1. The molecule has 3 heterocycles. The number of ether oxygens (including phenoxy) is 2. The minimum Gasteiger partial charge on any atom is -0.490 e. The van der Waals surface area contributed by atoms with Gasteiger partial charge in [-0.15, -0.1) is 0 Å². The molecule has 0 bridgehead atoms. The molecule has 7 nitrogen and oxygen atoms in total. The summed E-state index contributed by atoms with van der Waals surface area (Å²) in [5, 5.41) is 4.74. The van der Waals surface area contributed by atoms with Crippen molar-refractivity contribution < 1.29 is 18.8 Å². The molecule has 164 valence electrons. The Balaban J connectivity index is 1.69. The fourth-order valence-electron chi connectivity index (χ4n) is 4.02. The van der Waals surface area contributed by atoms with E-state index in [0.717, 1.165) is 29.2 Å². The highest BCUT2D eigenvalue weighted by Gasteiger charge is 2.27. The van der Waals surface area contributed by atoms with E-state index >= 15 is 0 Å². The first-order valence-electron chi connectivity index (χ1n) is 10.9. The van der Waals surface area contributed by atoms with Crippen LogP contribution in [0, 0.1) is 6.92 Å². The Labute approximate surface area is 182 Å². The van der Waals surface area contributed by atoms with E-state index in [1.54, 1.807) is 0 Å². The highest BCUT2D eigenvalue weighted by Crippen LogP contribution is 2.35. The van der Waals surface area contributed by atoms with E-state index in [4.69, 9.17) is 14.0 Å². The van der Waals surface area contributed by atoms with E-state index in [9.17, 15) is 4.79 Å². The molecule has 7 heteroatoms. The Morgan fingerprint density at radius 3 is 2.45 bits per heavy atom. The van der Waals surface area contributed by atoms with Crippen molar-refractivity contribution in [2.24, 2.45) is 0 Å². The van der Waals surface area contributed by atoms with Crippen LogP contribution in [0.2, 0.25) is 0 Å². The minimum absolute atomic E-state index is 0.0295. The summed E-state index contributed by atoms with van der Waals surface area (Å²) in [4.78, 5) is 20.0. The number of aromatic nitrogens is 2. The van der Waals surface area contributed by atoms with Gasteiger partial charge in [0.1, 0.15) is 0 Å². The van der Waals surface area contributed by atoms with Crippen LogP contribution in [0.15, 0.2) is 22.7 Å². The number of pyridine rings is 1. The number of hydrogen-bond acceptors (Lipinski definition) is 6. The largest absolute Gasteiger partial charge is 0.490 e. The zero-order valence-corrected chi connectivity index (χ0v) is 18.8. The second-order valence-corrected chi connectivity index (χ2v) is 8.11. The van der Waals surface area contributed by atoms with Crippen molar-refractivity contribution in [3.63, 3.8) is 0 Å². The van der Waals surface area contributed by atoms with Crippen molar-refractivity contribution in [3.8, 4) is 11.5 Å². The summed E-state index contributed by atoms with van der Waals surface area (Å²) in [6, 6.07) is 5.95. The van der Waals surface area contributed by atoms with Gasteiger partial charge in [0.2, 0.25) is 0 Å². The third-order valence-corrected chi connectivity index (χ3v) is 5.62. The molecule has 0 atom stereocenters. The van der Waals surface area contributed by atoms with Gasteiger partial charge in [0.25, 0.3) is 11.6 Å². The number of rotatable bonds is 6. The van der Waals surface area contributed by atoms with Crippen LogP contribution >= 0.6 is 0 Å². The van der Waals surface area contributed by atoms with Crippen LogP contribution in [-0.4, -0.2) is 40.7 Å². The third-order valence-electron chi connectivity index (χ3n) is 5.62. The Morgan fingerprint density at radius 1 is 1.13 bits per heavy atom. The van der Waals surface area contributed by atoms with E-state index in [2.05, 4.69) is 16.2 Å². The van der Waals surface area contributed by atoms with Crippen molar-refractivity contribution in [1.82, 2.24) is 15.0 Å². The number of carbonyl (C=O) groups excluding carboxylic acids is 1. The van der Waals surface area contributed by atoms with Gasteiger partial charge in [0.05, 0.1) is 29.9 Å². The molecule has 0 radical (unpaired) electrons. The molecular weight excluding hydrogens is 394 g/mol. The Kier molecular flexibility index (Phi) is 5.85. The second-order valence-electron chi connectivity index (χ2n) is 8.11. The number of fused-ring (bicyclic) bond motifs is 2. The van der Waals surface area contributed by atoms with Crippen LogP contribution < -0.4 is 9.47 Å². The lowest BCUT2D eigenvalue weighted by molar-refractivity contribution is 0.0736. The fourth-order valence-corrected chi connectivity index (χ4v) is 4.02. The third kappa shape index (κ3) is 3.96. The maximum atomic E-state index is 13.6. The van der Waals surface area contributed by atoms with Crippen LogP contribution in [-0.2, 0) is 13.0 Å². The molecule has 0 saturated heterocycles. The molecule has 0 aliphatic carbocycles. The molecule has 1 amide bonds. The molecule has 0 fully saturated rings. The number of carbonyl (C=O) groups is 1. The van der Waals surface area contributed by atoms with Gasteiger partial charge < -0.3 is 18.9 Å². The Bertz CT molecular complexity index is 1120. The first-order chi connectivity index (χ1) is 14.9. The number of nitrogens with zero attached hydrogens (tertiary/aromatic N) is 3. The summed E-state index contributed by atoms with van der Waals surface area (Å²) in [5.41, 5.74) is 4.81. The summed E-state index contributed by atoms with van der Waals surface area (Å²) in [6.45, 7) is 12.1. The van der Waals surface area contributed by atoms with Crippen molar-refractivity contribution in [2.45, 2.75) is 53.5 Å². The molecule has 31 heavy (non-hydrogen) atoms. The highest BCUT2D eigenvalue weighted by molar-refractivity contribution is 6.06. The monoisotopic (exact) mass is 423 g/mol. The predicted octanol–water partition coefficient (Wildman–Crippen LogP) is 4.65. The summed E-state index contributed by atoms with van der Waals surface area (Å²) >= 11 is 0. The van der Waals surface area contributed by atoms with Crippen LogP contribution in [0.1, 0.15) is 66.5 Å². The van der Waals surface area contributed by atoms with Gasteiger partial charge in [-0.25, -0.2) is 4.98 Å². The molecule has 0 spiro atoms. The van der Waals surface area contributed by atoms with Crippen LogP contribution in [0.3, 0.4) is 0 Å². The number of aryl methyl sites for hydroxylation is 1. The first kappa shape index (κ1) is 21.2. The van der Waals surface area contributed by atoms with Gasteiger partial charge in [0.15, 0.2) is 11.5 Å². The van der Waals surface area contributed by atoms with Crippen LogP contribution in [0.5, 0.6) is 11.5 Å². The summed E-state index contributed by atoms with van der Waals surface area (Å²) in [7, 11) is 0.